The molecule has 176 valence electrons. The van der Waals surface area contributed by atoms with E-state index in [0.29, 0.717) is 47.5 Å². The standard InChI is InChI=1S/C27H27NO6/c1-4-33-19-10-11-22-20(14-19)21(15-25(29)30)26(28-22)18-12-23(31-2)27(24(13-18)32-3)34-16-17-8-6-5-7-9-17/h5-14,28H,4,15-16H2,1-3H3,(H,29,30). The van der Waals surface area contributed by atoms with Crippen molar-refractivity contribution >= 4 is 16.9 Å². The summed E-state index contributed by atoms with van der Waals surface area (Å²) in [5, 5.41) is 10.4. The maximum Gasteiger partial charge on any atom is 0.307 e. The van der Waals surface area contributed by atoms with Crippen LogP contribution in [-0.2, 0) is 17.8 Å². The Balaban J connectivity index is 1.80. The monoisotopic (exact) mass is 461 g/mol. The molecule has 0 atom stereocenters. The molecule has 0 saturated heterocycles. The number of carboxylic acid groups (broad SMARTS) is 1. The molecule has 3 aromatic carbocycles. The summed E-state index contributed by atoms with van der Waals surface area (Å²) >= 11 is 0. The molecule has 0 bridgehead atoms. The van der Waals surface area contributed by atoms with E-state index < -0.39 is 5.97 Å². The van der Waals surface area contributed by atoms with E-state index in [1.165, 1.54) is 0 Å². The number of benzene rings is 3. The normalized spacial score (nSPS) is 10.8. The maximum absolute atomic E-state index is 11.7. The van der Waals surface area contributed by atoms with Gasteiger partial charge in [0.15, 0.2) is 11.5 Å². The van der Waals surface area contributed by atoms with Crippen molar-refractivity contribution in [3.63, 3.8) is 0 Å². The Labute approximate surface area is 197 Å². The van der Waals surface area contributed by atoms with Gasteiger partial charge < -0.3 is 29.0 Å². The predicted octanol–water partition coefficient (Wildman–Crippen LogP) is 5.46. The van der Waals surface area contributed by atoms with Crippen LogP contribution in [0.5, 0.6) is 23.0 Å². The van der Waals surface area contributed by atoms with Crippen LogP contribution in [0.15, 0.2) is 60.7 Å². The predicted molar refractivity (Wildman–Crippen MR) is 130 cm³/mol. The Bertz CT molecular complexity index is 1270. The highest BCUT2D eigenvalue weighted by atomic mass is 16.5. The molecule has 0 amide bonds. The van der Waals surface area contributed by atoms with E-state index in [2.05, 4.69) is 4.98 Å². The van der Waals surface area contributed by atoms with Crippen molar-refractivity contribution in [2.45, 2.75) is 20.0 Å². The Morgan fingerprint density at radius 2 is 1.65 bits per heavy atom. The summed E-state index contributed by atoms with van der Waals surface area (Å²) in [4.78, 5) is 15.1. The zero-order valence-electron chi connectivity index (χ0n) is 19.4. The van der Waals surface area contributed by atoms with Crippen molar-refractivity contribution < 1.29 is 28.8 Å². The minimum absolute atomic E-state index is 0.151. The lowest BCUT2D eigenvalue weighted by molar-refractivity contribution is -0.136. The number of hydrogen-bond donors (Lipinski definition) is 2. The summed E-state index contributed by atoms with van der Waals surface area (Å²) in [7, 11) is 3.12. The number of carbonyl (C=O) groups is 1. The SMILES string of the molecule is CCOc1ccc2[nH]c(-c3cc(OC)c(OCc4ccccc4)c(OC)c3)c(CC(=O)O)c2c1. The van der Waals surface area contributed by atoms with E-state index in [1.807, 2.05) is 67.6 Å². The molecule has 0 fully saturated rings. The second kappa shape index (κ2) is 10.2. The summed E-state index contributed by atoms with van der Waals surface area (Å²) in [5.41, 5.74) is 3.90. The van der Waals surface area contributed by atoms with Crippen LogP contribution in [-0.4, -0.2) is 36.9 Å². The van der Waals surface area contributed by atoms with Crippen LogP contribution < -0.4 is 18.9 Å². The molecule has 7 nitrogen and oxygen atoms in total. The van der Waals surface area contributed by atoms with Gasteiger partial charge in [-0.05, 0) is 48.4 Å². The number of aromatic amines is 1. The third-order valence-electron chi connectivity index (χ3n) is 5.49. The minimum Gasteiger partial charge on any atom is -0.494 e. The van der Waals surface area contributed by atoms with Crippen LogP contribution in [0.1, 0.15) is 18.1 Å². The lowest BCUT2D eigenvalue weighted by atomic mass is 10.0. The molecule has 0 spiro atoms. The van der Waals surface area contributed by atoms with Crippen molar-refractivity contribution in [1.82, 2.24) is 4.98 Å². The van der Waals surface area contributed by atoms with E-state index in [0.717, 1.165) is 22.0 Å². The lowest BCUT2D eigenvalue weighted by Gasteiger charge is -2.16. The smallest absolute Gasteiger partial charge is 0.307 e. The van der Waals surface area contributed by atoms with Crippen LogP contribution in [0.25, 0.3) is 22.2 Å². The van der Waals surface area contributed by atoms with Gasteiger partial charge in [-0.3, -0.25) is 4.79 Å². The van der Waals surface area contributed by atoms with Crippen LogP contribution in [0.4, 0.5) is 0 Å². The Hall–Kier alpha value is -4.13. The molecule has 2 N–H and O–H groups in total. The lowest BCUT2D eigenvalue weighted by Crippen LogP contribution is -2.03. The van der Waals surface area contributed by atoms with Crippen molar-refractivity contribution in [3.05, 3.63) is 71.8 Å². The fourth-order valence-electron chi connectivity index (χ4n) is 3.96. The number of methoxy groups -OCH3 is 2. The van der Waals surface area contributed by atoms with E-state index in [1.54, 1.807) is 14.2 Å². The number of fused-ring (bicyclic) bond motifs is 1. The van der Waals surface area contributed by atoms with Crippen LogP contribution >= 0.6 is 0 Å². The quantitative estimate of drug-likeness (QED) is 0.326. The molecule has 0 aliphatic carbocycles. The average molecular weight is 462 g/mol. The van der Waals surface area contributed by atoms with Gasteiger partial charge in [0.2, 0.25) is 5.75 Å². The molecule has 4 aromatic rings. The van der Waals surface area contributed by atoms with Crippen LogP contribution in [0, 0.1) is 0 Å². The number of rotatable bonds is 10. The van der Waals surface area contributed by atoms with Gasteiger partial charge in [0.25, 0.3) is 0 Å². The van der Waals surface area contributed by atoms with Gasteiger partial charge in [-0.15, -0.1) is 0 Å². The van der Waals surface area contributed by atoms with Crippen molar-refractivity contribution in [1.29, 1.82) is 0 Å². The minimum atomic E-state index is -0.925. The van der Waals surface area contributed by atoms with Crippen molar-refractivity contribution in [2.24, 2.45) is 0 Å². The van der Waals surface area contributed by atoms with Gasteiger partial charge in [-0.2, -0.15) is 0 Å². The molecule has 7 heteroatoms. The summed E-state index contributed by atoms with van der Waals surface area (Å²) in [6.07, 6.45) is -0.151. The Morgan fingerprint density at radius 3 is 2.26 bits per heavy atom. The topological polar surface area (TPSA) is 90.0 Å². The molecule has 1 heterocycles. The van der Waals surface area contributed by atoms with Crippen LogP contribution in [0.3, 0.4) is 0 Å². The van der Waals surface area contributed by atoms with Gasteiger partial charge in [-0.1, -0.05) is 30.3 Å². The van der Waals surface area contributed by atoms with Crippen LogP contribution in [0.2, 0.25) is 0 Å². The fraction of sp³-hybridized carbons (Fsp3) is 0.222. The van der Waals surface area contributed by atoms with Gasteiger partial charge in [0, 0.05) is 16.5 Å². The highest BCUT2D eigenvalue weighted by molar-refractivity contribution is 5.95. The molecule has 0 unspecified atom stereocenters. The average Bonchev–Trinajstić information content (AvgIpc) is 3.20. The molecular weight excluding hydrogens is 434 g/mol. The van der Waals surface area contributed by atoms with E-state index in [9.17, 15) is 9.90 Å². The number of aliphatic carboxylic acids is 1. The molecule has 0 radical (unpaired) electrons. The van der Waals surface area contributed by atoms with Gasteiger partial charge in [0.05, 0.1) is 32.9 Å². The van der Waals surface area contributed by atoms with Crippen molar-refractivity contribution in [2.75, 3.05) is 20.8 Å². The number of carboxylic acids is 1. The number of aromatic nitrogens is 1. The second-order valence-corrected chi connectivity index (χ2v) is 7.67. The van der Waals surface area contributed by atoms with Gasteiger partial charge >= 0.3 is 5.97 Å². The number of nitrogens with one attached hydrogen (secondary N) is 1. The van der Waals surface area contributed by atoms with E-state index in [4.69, 9.17) is 18.9 Å². The second-order valence-electron chi connectivity index (χ2n) is 7.67. The molecular formula is C27H27NO6. The van der Waals surface area contributed by atoms with Gasteiger partial charge in [-0.25, -0.2) is 0 Å². The molecule has 34 heavy (non-hydrogen) atoms. The third kappa shape index (κ3) is 4.78. The largest absolute Gasteiger partial charge is 0.494 e. The van der Waals surface area contributed by atoms with E-state index in [-0.39, 0.29) is 6.42 Å². The summed E-state index contributed by atoms with van der Waals surface area (Å²) in [5.74, 6) is 1.21. The Kier molecular flexibility index (Phi) is 6.92. The molecule has 1 aromatic heterocycles. The third-order valence-corrected chi connectivity index (χ3v) is 5.49. The Morgan fingerprint density at radius 1 is 0.941 bits per heavy atom. The maximum atomic E-state index is 11.7. The summed E-state index contributed by atoms with van der Waals surface area (Å²) < 4.78 is 22.9. The first kappa shape index (κ1) is 23.0. The molecule has 0 aliphatic heterocycles. The number of hydrogen-bond acceptors (Lipinski definition) is 5. The summed E-state index contributed by atoms with van der Waals surface area (Å²) in [6, 6.07) is 19.1. The zero-order chi connectivity index (χ0) is 24.1. The molecule has 4 rings (SSSR count). The first-order valence-electron chi connectivity index (χ1n) is 11.0. The van der Waals surface area contributed by atoms with Gasteiger partial charge in [0.1, 0.15) is 12.4 Å². The number of H-pyrrole nitrogens is 1. The fourth-order valence-corrected chi connectivity index (χ4v) is 3.96. The zero-order valence-corrected chi connectivity index (χ0v) is 19.4. The van der Waals surface area contributed by atoms with Crippen molar-refractivity contribution in [3.8, 4) is 34.3 Å². The first-order chi connectivity index (χ1) is 16.5. The highest BCUT2D eigenvalue weighted by Crippen LogP contribution is 2.43. The molecule has 0 saturated carbocycles. The first-order valence-corrected chi connectivity index (χ1v) is 11.0. The number of ether oxygens (including phenoxy) is 4. The summed E-state index contributed by atoms with van der Waals surface area (Å²) in [6.45, 7) is 2.78. The van der Waals surface area contributed by atoms with E-state index >= 15 is 0 Å². The molecule has 0 aliphatic rings. The highest BCUT2D eigenvalue weighted by Gasteiger charge is 2.21.